The lowest BCUT2D eigenvalue weighted by Gasteiger charge is -2.29. The fourth-order valence-corrected chi connectivity index (χ4v) is 3.23. The van der Waals surface area contributed by atoms with Crippen LogP contribution in [0.3, 0.4) is 0 Å². The van der Waals surface area contributed by atoms with E-state index in [-0.39, 0.29) is 18.0 Å². The molecule has 0 spiro atoms. The average molecular weight is 329 g/mol. The summed E-state index contributed by atoms with van der Waals surface area (Å²) in [7, 11) is 0. The first-order valence-electron chi connectivity index (χ1n) is 8.26. The highest BCUT2D eigenvalue weighted by Crippen LogP contribution is 2.22. The van der Waals surface area contributed by atoms with Crippen LogP contribution in [0.15, 0.2) is 18.5 Å². The van der Waals surface area contributed by atoms with Crippen molar-refractivity contribution in [3.63, 3.8) is 0 Å². The molecule has 128 valence electrons. The molecule has 8 heteroatoms. The summed E-state index contributed by atoms with van der Waals surface area (Å²) in [5.74, 6) is 1.95. The number of likely N-dealkylation sites (tertiary alicyclic amines) is 1. The van der Waals surface area contributed by atoms with Gasteiger partial charge < -0.3 is 0 Å². The van der Waals surface area contributed by atoms with Crippen LogP contribution in [0.1, 0.15) is 31.4 Å². The molecule has 1 aliphatic heterocycles. The number of aromatic nitrogens is 5. The molecule has 1 fully saturated rings. The van der Waals surface area contributed by atoms with E-state index >= 15 is 0 Å². The Bertz CT molecular complexity index is 700. The quantitative estimate of drug-likeness (QED) is 0.886. The Morgan fingerprint density at radius 1 is 1.38 bits per heavy atom. The lowest BCUT2D eigenvalue weighted by atomic mass is 10.2. The number of rotatable bonds is 5. The Hall–Kier alpha value is -2.35. The predicted molar refractivity (Wildman–Crippen MR) is 89.3 cm³/mol. The van der Waals surface area contributed by atoms with Crippen LogP contribution in [-0.4, -0.2) is 54.2 Å². The van der Waals surface area contributed by atoms with Crippen molar-refractivity contribution in [1.29, 1.82) is 0 Å². The zero-order valence-electron chi connectivity index (χ0n) is 14.3. The van der Waals surface area contributed by atoms with E-state index in [1.807, 2.05) is 25.5 Å². The zero-order valence-corrected chi connectivity index (χ0v) is 14.3. The molecular weight excluding hydrogens is 306 g/mol. The van der Waals surface area contributed by atoms with Crippen LogP contribution in [0.25, 0.3) is 0 Å². The summed E-state index contributed by atoms with van der Waals surface area (Å²) in [4.78, 5) is 27.2. The highest BCUT2D eigenvalue weighted by atomic mass is 16.2. The second kappa shape index (κ2) is 7.04. The van der Waals surface area contributed by atoms with Crippen molar-refractivity contribution in [2.24, 2.45) is 0 Å². The third-order valence-corrected chi connectivity index (χ3v) is 4.45. The minimum absolute atomic E-state index is 0.0837. The van der Waals surface area contributed by atoms with E-state index in [1.54, 1.807) is 18.5 Å². The van der Waals surface area contributed by atoms with Crippen LogP contribution in [0, 0.1) is 13.8 Å². The molecule has 3 heterocycles. The summed E-state index contributed by atoms with van der Waals surface area (Å²) in [5.41, 5.74) is 0. The van der Waals surface area contributed by atoms with E-state index < -0.39 is 0 Å². The molecule has 0 bridgehead atoms. The van der Waals surface area contributed by atoms with Crippen LogP contribution in [-0.2, 0) is 11.3 Å². The fourth-order valence-electron chi connectivity index (χ4n) is 3.23. The monoisotopic (exact) mass is 329 g/mol. The molecular formula is C16H23N7O. The lowest BCUT2D eigenvalue weighted by Crippen LogP contribution is -2.46. The summed E-state index contributed by atoms with van der Waals surface area (Å²) in [5, 5.41) is 7.22. The number of hydrogen-bond acceptors (Lipinski definition) is 6. The second-order valence-corrected chi connectivity index (χ2v) is 6.16. The van der Waals surface area contributed by atoms with Crippen LogP contribution >= 0.6 is 0 Å². The van der Waals surface area contributed by atoms with E-state index in [0.717, 1.165) is 37.6 Å². The Balaban J connectivity index is 1.65. The van der Waals surface area contributed by atoms with Gasteiger partial charge in [-0.25, -0.2) is 19.6 Å². The van der Waals surface area contributed by atoms with E-state index in [1.165, 1.54) is 0 Å². The molecule has 2 aromatic heterocycles. The SMILES string of the molecule is Cc1nc(C)n(C[C@H]2CCCN2[C@@H](C)C(=O)Nc2ncccn2)n1. The van der Waals surface area contributed by atoms with Crippen molar-refractivity contribution in [2.45, 2.75) is 52.2 Å². The van der Waals surface area contributed by atoms with Gasteiger partial charge in [0.2, 0.25) is 11.9 Å². The van der Waals surface area contributed by atoms with Crippen molar-refractivity contribution >= 4 is 11.9 Å². The number of hydrogen-bond donors (Lipinski definition) is 1. The number of amides is 1. The normalized spacial score (nSPS) is 19.4. The molecule has 0 aliphatic carbocycles. The molecule has 0 aromatic carbocycles. The number of carbonyl (C=O) groups is 1. The molecule has 1 saturated heterocycles. The minimum Gasteiger partial charge on any atom is -0.293 e. The molecule has 2 aromatic rings. The number of nitrogens with zero attached hydrogens (tertiary/aromatic N) is 6. The van der Waals surface area contributed by atoms with E-state index in [2.05, 4.69) is 30.3 Å². The minimum atomic E-state index is -0.244. The Morgan fingerprint density at radius 3 is 2.79 bits per heavy atom. The zero-order chi connectivity index (χ0) is 17.1. The van der Waals surface area contributed by atoms with E-state index in [0.29, 0.717) is 5.95 Å². The predicted octanol–water partition coefficient (Wildman–Crippen LogP) is 1.18. The van der Waals surface area contributed by atoms with Crippen molar-refractivity contribution in [3.8, 4) is 0 Å². The number of nitrogens with one attached hydrogen (secondary N) is 1. The molecule has 1 amide bonds. The highest BCUT2D eigenvalue weighted by Gasteiger charge is 2.33. The third kappa shape index (κ3) is 3.59. The molecule has 1 N–H and O–H groups in total. The van der Waals surface area contributed by atoms with Crippen molar-refractivity contribution in [1.82, 2.24) is 29.6 Å². The molecule has 0 radical (unpaired) electrons. The van der Waals surface area contributed by atoms with Crippen molar-refractivity contribution in [3.05, 3.63) is 30.1 Å². The number of anilines is 1. The number of carbonyl (C=O) groups excluding carboxylic acids is 1. The van der Waals surface area contributed by atoms with Gasteiger partial charge in [-0.1, -0.05) is 0 Å². The summed E-state index contributed by atoms with van der Waals surface area (Å²) in [6.45, 7) is 7.44. The first-order valence-corrected chi connectivity index (χ1v) is 8.26. The highest BCUT2D eigenvalue weighted by molar-refractivity contribution is 5.93. The van der Waals surface area contributed by atoms with E-state index in [9.17, 15) is 4.79 Å². The van der Waals surface area contributed by atoms with Crippen molar-refractivity contribution < 1.29 is 4.79 Å². The first kappa shape index (κ1) is 16.5. The maximum atomic E-state index is 12.5. The van der Waals surface area contributed by atoms with Crippen LogP contribution in [0.4, 0.5) is 5.95 Å². The van der Waals surface area contributed by atoms with Gasteiger partial charge in [-0.05, 0) is 46.2 Å². The average Bonchev–Trinajstić information content (AvgIpc) is 3.14. The fraction of sp³-hybridized carbons (Fsp3) is 0.562. The molecule has 8 nitrogen and oxygen atoms in total. The Morgan fingerprint density at radius 2 is 2.12 bits per heavy atom. The first-order chi connectivity index (χ1) is 11.5. The van der Waals surface area contributed by atoms with Gasteiger partial charge in [0.05, 0.1) is 12.6 Å². The van der Waals surface area contributed by atoms with Gasteiger partial charge in [0.1, 0.15) is 11.6 Å². The van der Waals surface area contributed by atoms with Gasteiger partial charge in [0.25, 0.3) is 0 Å². The molecule has 3 rings (SSSR count). The Kier molecular flexibility index (Phi) is 4.84. The van der Waals surface area contributed by atoms with Gasteiger partial charge >= 0.3 is 0 Å². The summed E-state index contributed by atoms with van der Waals surface area (Å²) in [6, 6.07) is 1.76. The van der Waals surface area contributed by atoms with Crippen molar-refractivity contribution in [2.75, 3.05) is 11.9 Å². The number of aryl methyl sites for hydroxylation is 2. The summed E-state index contributed by atoms with van der Waals surface area (Å²) in [6.07, 6.45) is 5.36. The smallest absolute Gasteiger partial charge is 0.243 e. The largest absolute Gasteiger partial charge is 0.293 e. The maximum absolute atomic E-state index is 12.5. The molecule has 0 unspecified atom stereocenters. The second-order valence-electron chi connectivity index (χ2n) is 6.16. The molecule has 24 heavy (non-hydrogen) atoms. The van der Waals surface area contributed by atoms with Gasteiger partial charge in [-0.3, -0.25) is 15.0 Å². The molecule has 0 saturated carbocycles. The van der Waals surface area contributed by atoms with Crippen LogP contribution in [0.2, 0.25) is 0 Å². The van der Waals surface area contributed by atoms with E-state index in [4.69, 9.17) is 0 Å². The van der Waals surface area contributed by atoms with Crippen LogP contribution in [0.5, 0.6) is 0 Å². The van der Waals surface area contributed by atoms with Gasteiger partial charge in [-0.15, -0.1) is 0 Å². The van der Waals surface area contributed by atoms with Gasteiger partial charge in [0, 0.05) is 18.4 Å². The summed E-state index contributed by atoms with van der Waals surface area (Å²) >= 11 is 0. The molecule has 1 aliphatic rings. The lowest BCUT2D eigenvalue weighted by molar-refractivity contribution is -0.121. The maximum Gasteiger partial charge on any atom is 0.243 e. The van der Waals surface area contributed by atoms with Gasteiger partial charge in [-0.2, -0.15) is 5.10 Å². The topological polar surface area (TPSA) is 88.8 Å². The molecule has 2 atom stereocenters. The third-order valence-electron chi connectivity index (χ3n) is 4.45. The summed E-state index contributed by atoms with van der Waals surface area (Å²) < 4.78 is 1.93. The standard InChI is InChI=1S/C16H23N7O/c1-11(15(24)20-16-17-7-5-8-18-16)22-9-4-6-14(22)10-23-13(3)19-12(2)21-23/h5,7-8,11,14H,4,6,9-10H2,1-3H3,(H,17,18,20,24)/t11-,14+/m0/s1. The van der Waals surface area contributed by atoms with Gasteiger partial charge in [0.15, 0.2) is 0 Å². The van der Waals surface area contributed by atoms with Crippen LogP contribution < -0.4 is 5.32 Å². The Labute approximate surface area is 141 Å².